The summed E-state index contributed by atoms with van der Waals surface area (Å²) in [4.78, 5) is 19.7. The van der Waals surface area contributed by atoms with E-state index < -0.39 is 0 Å². The third-order valence-corrected chi connectivity index (χ3v) is 4.48. The van der Waals surface area contributed by atoms with Crippen LogP contribution in [0.15, 0.2) is 53.7 Å². The summed E-state index contributed by atoms with van der Waals surface area (Å²) in [5, 5.41) is 4.09. The van der Waals surface area contributed by atoms with Gasteiger partial charge in [0, 0.05) is 24.9 Å². The molecule has 1 aliphatic rings. The quantitative estimate of drug-likeness (QED) is 0.746. The molecule has 6 heteroatoms. The van der Waals surface area contributed by atoms with Crippen LogP contribution in [0.3, 0.4) is 0 Å². The van der Waals surface area contributed by atoms with E-state index in [2.05, 4.69) is 5.16 Å². The van der Waals surface area contributed by atoms with Crippen LogP contribution in [0.5, 0.6) is 5.75 Å². The summed E-state index contributed by atoms with van der Waals surface area (Å²) in [6, 6.07) is 13.9. The molecule has 3 rings (SSSR count). The second kappa shape index (κ2) is 8.66. The lowest BCUT2D eigenvalue weighted by Gasteiger charge is -2.24. The Labute approximate surface area is 158 Å². The van der Waals surface area contributed by atoms with Gasteiger partial charge in [-0.3, -0.25) is 4.79 Å². The van der Waals surface area contributed by atoms with Crippen LogP contribution in [0, 0.1) is 5.82 Å². The summed E-state index contributed by atoms with van der Waals surface area (Å²) in [5.41, 5.74) is 2.39. The van der Waals surface area contributed by atoms with Gasteiger partial charge in [0.15, 0.2) is 6.10 Å². The Morgan fingerprint density at radius 3 is 2.85 bits per heavy atom. The summed E-state index contributed by atoms with van der Waals surface area (Å²) >= 11 is 0. The van der Waals surface area contributed by atoms with E-state index in [4.69, 9.17) is 9.57 Å². The molecule has 1 atom stereocenters. The van der Waals surface area contributed by atoms with Gasteiger partial charge in [-0.1, -0.05) is 36.3 Å². The van der Waals surface area contributed by atoms with E-state index in [0.717, 1.165) is 11.3 Å². The monoisotopic (exact) mass is 370 g/mol. The van der Waals surface area contributed by atoms with Crippen LogP contribution in [0.2, 0.25) is 0 Å². The smallest absolute Gasteiger partial charge is 0.222 e. The summed E-state index contributed by atoms with van der Waals surface area (Å²) in [6.45, 7) is 2.73. The van der Waals surface area contributed by atoms with E-state index in [0.29, 0.717) is 37.2 Å². The molecule has 0 bridgehead atoms. The van der Waals surface area contributed by atoms with Gasteiger partial charge in [0.1, 0.15) is 11.6 Å². The predicted molar refractivity (Wildman–Crippen MR) is 101 cm³/mol. The number of hydrogen-bond acceptors (Lipinski definition) is 4. The minimum Gasteiger partial charge on any atom is -0.497 e. The van der Waals surface area contributed by atoms with Crippen LogP contribution >= 0.6 is 0 Å². The Balaban J connectivity index is 1.66. The lowest BCUT2D eigenvalue weighted by Crippen LogP contribution is -2.36. The van der Waals surface area contributed by atoms with E-state index in [9.17, 15) is 9.18 Å². The van der Waals surface area contributed by atoms with Gasteiger partial charge in [-0.15, -0.1) is 0 Å². The van der Waals surface area contributed by atoms with Crippen molar-refractivity contribution < 1.29 is 18.8 Å². The highest BCUT2D eigenvalue weighted by Gasteiger charge is 2.26. The van der Waals surface area contributed by atoms with Gasteiger partial charge in [0.2, 0.25) is 5.91 Å². The van der Waals surface area contributed by atoms with Gasteiger partial charge < -0.3 is 14.5 Å². The molecule has 1 aliphatic heterocycles. The van der Waals surface area contributed by atoms with Crippen LogP contribution < -0.4 is 4.74 Å². The average Bonchev–Trinajstić information content (AvgIpc) is 3.15. The van der Waals surface area contributed by atoms with Crippen LogP contribution in [0.25, 0.3) is 0 Å². The largest absolute Gasteiger partial charge is 0.497 e. The number of methoxy groups -OCH3 is 1. The predicted octanol–water partition coefficient (Wildman–Crippen LogP) is 3.77. The minimum atomic E-state index is -0.306. The van der Waals surface area contributed by atoms with Gasteiger partial charge in [0.05, 0.1) is 19.4 Å². The molecule has 0 saturated carbocycles. The third kappa shape index (κ3) is 4.84. The Morgan fingerprint density at radius 1 is 1.30 bits per heavy atom. The van der Waals surface area contributed by atoms with Gasteiger partial charge >= 0.3 is 0 Å². The first-order valence-electron chi connectivity index (χ1n) is 8.98. The molecule has 0 fully saturated rings. The molecule has 1 heterocycles. The van der Waals surface area contributed by atoms with Crippen molar-refractivity contribution in [2.24, 2.45) is 5.16 Å². The zero-order valence-corrected chi connectivity index (χ0v) is 15.5. The maximum atomic E-state index is 13.4. The van der Waals surface area contributed by atoms with Crippen LogP contribution in [-0.4, -0.2) is 36.3 Å². The molecule has 0 radical (unpaired) electrons. The van der Waals surface area contributed by atoms with Gasteiger partial charge in [0.25, 0.3) is 0 Å². The molecule has 1 unspecified atom stereocenters. The number of nitrogens with zero attached hydrogens (tertiary/aromatic N) is 2. The van der Waals surface area contributed by atoms with E-state index in [1.807, 2.05) is 31.2 Å². The fourth-order valence-corrected chi connectivity index (χ4v) is 3.08. The first-order chi connectivity index (χ1) is 13.1. The number of carbonyl (C=O) groups is 1. The third-order valence-electron chi connectivity index (χ3n) is 4.48. The Hall–Kier alpha value is -2.89. The number of halogens is 1. The zero-order valence-electron chi connectivity index (χ0n) is 15.5. The molecular weight excluding hydrogens is 347 g/mol. The molecular formula is C21H23FN2O3. The van der Waals surface area contributed by atoms with Crippen molar-refractivity contribution in [3.8, 4) is 5.75 Å². The number of ether oxygens (including phenoxy) is 1. The number of amides is 1. The molecule has 5 nitrogen and oxygen atoms in total. The second-order valence-corrected chi connectivity index (χ2v) is 6.46. The normalized spacial score (nSPS) is 15.8. The first kappa shape index (κ1) is 18.9. The number of oxime groups is 1. The van der Waals surface area contributed by atoms with Gasteiger partial charge in [-0.05, 0) is 29.8 Å². The van der Waals surface area contributed by atoms with Crippen molar-refractivity contribution >= 4 is 11.6 Å². The van der Waals surface area contributed by atoms with Crippen LogP contribution in [0.1, 0.15) is 30.9 Å². The van der Waals surface area contributed by atoms with Crippen molar-refractivity contribution in [2.75, 3.05) is 13.7 Å². The maximum Gasteiger partial charge on any atom is 0.222 e. The van der Waals surface area contributed by atoms with Crippen molar-refractivity contribution in [1.29, 1.82) is 0 Å². The standard InChI is InChI=1S/C21H23FN2O3/c1-3-21(25)24(13-15-6-4-9-18(10-15)26-2)14-19-12-20(23-27-19)16-7-5-8-17(22)11-16/h4-11,19H,3,12-14H2,1-2H3. The fourth-order valence-electron chi connectivity index (χ4n) is 3.08. The van der Waals surface area contributed by atoms with E-state index in [1.165, 1.54) is 12.1 Å². The minimum absolute atomic E-state index is 0.0422. The van der Waals surface area contributed by atoms with Crippen molar-refractivity contribution in [1.82, 2.24) is 4.90 Å². The summed E-state index contributed by atoms with van der Waals surface area (Å²) < 4.78 is 18.7. The number of carbonyl (C=O) groups excluding carboxylic acids is 1. The lowest BCUT2D eigenvalue weighted by atomic mass is 10.0. The molecule has 1 amide bonds. The molecule has 2 aromatic rings. The van der Waals surface area contributed by atoms with E-state index in [1.54, 1.807) is 24.1 Å². The van der Waals surface area contributed by atoms with Crippen molar-refractivity contribution in [2.45, 2.75) is 32.4 Å². The Kier molecular flexibility index (Phi) is 6.06. The average molecular weight is 370 g/mol. The SMILES string of the molecule is CCC(=O)N(Cc1cccc(OC)c1)CC1CC(c2cccc(F)c2)=NO1. The van der Waals surface area contributed by atoms with Gasteiger partial charge in [-0.25, -0.2) is 4.39 Å². The number of rotatable bonds is 7. The number of benzene rings is 2. The lowest BCUT2D eigenvalue weighted by molar-refractivity contribution is -0.133. The van der Waals surface area contributed by atoms with Crippen LogP contribution in [-0.2, 0) is 16.2 Å². The summed E-state index contributed by atoms with van der Waals surface area (Å²) in [6.07, 6.45) is 0.702. The number of hydrogen-bond donors (Lipinski definition) is 0. The summed E-state index contributed by atoms with van der Waals surface area (Å²) in [7, 11) is 1.62. The molecule has 0 spiro atoms. The molecule has 0 aromatic heterocycles. The molecule has 0 aliphatic carbocycles. The molecule has 2 aromatic carbocycles. The topological polar surface area (TPSA) is 51.1 Å². The Morgan fingerprint density at radius 2 is 2.11 bits per heavy atom. The van der Waals surface area contributed by atoms with Gasteiger partial charge in [-0.2, -0.15) is 0 Å². The van der Waals surface area contributed by atoms with Crippen LogP contribution in [0.4, 0.5) is 4.39 Å². The molecule has 27 heavy (non-hydrogen) atoms. The highest BCUT2D eigenvalue weighted by molar-refractivity contribution is 6.01. The molecule has 142 valence electrons. The van der Waals surface area contributed by atoms with Crippen molar-refractivity contribution in [3.05, 3.63) is 65.5 Å². The molecule has 0 N–H and O–H groups in total. The Bertz CT molecular complexity index is 838. The fraction of sp³-hybridized carbons (Fsp3) is 0.333. The van der Waals surface area contributed by atoms with E-state index >= 15 is 0 Å². The highest BCUT2D eigenvalue weighted by Crippen LogP contribution is 2.20. The zero-order chi connectivity index (χ0) is 19.2. The van der Waals surface area contributed by atoms with E-state index in [-0.39, 0.29) is 17.8 Å². The first-order valence-corrected chi connectivity index (χ1v) is 8.98. The highest BCUT2D eigenvalue weighted by atomic mass is 19.1. The maximum absolute atomic E-state index is 13.4. The second-order valence-electron chi connectivity index (χ2n) is 6.46. The summed E-state index contributed by atoms with van der Waals surface area (Å²) in [5.74, 6) is 0.491. The van der Waals surface area contributed by atoms with Crippen molar-refractivity contribution in [3.63, 3.8) is 0 Å². The molecule has 0 saturated heterocycles.